The normalized spacial score (nSPS) is 11.0. The molecule has 2 N–H and O–H groups in total. The van der Waals surface area contributed by atoms with Crippen molar-refractivity contribution in [3.8, 4) is 0 Å². The Labute approximate surface area is 148 Å². The van der Waals surface area contributed by atoms with E-state index >= 15 is 0 Å². The largest absolute Gasteiger partial charge is 0.471 e. The lowest BCUT2D eigenvalue weighted by atomic mass is 10.1. The SMILES string of the molecule is CN(C)c1ccc(C(=O)NCc2ccc(NC(=O)C(F)(F)F)cc2)cc1. The summed E-state index contributed by atoms with van der Waals surface area (Å²) in [4.78, 5) is 24.9. The number of halogens is 3. The van der Waals surface area contributed by atoms with Crippen LogP contribution < -0.4 is 15.5 Å². The number of carbonyl (C=O) groups is 2. The zero-order valence-corrected chi connectivity index (χ0v) is 14.2. The molecule has 0 saturated heterocycles. The number of hydrogen-bond acceptors (Lipinski definition) is 3. The highest BCUT2D eigenvalue weighted by molar-refractivity contribution is 5.95. The van der Waals surface area contributed by atoms with Gasteiger partial charge in [0.2, 0.25) is 0 Å². The van der Waals surface area contributed by atoms with E-state index in [0.717, 1.165) is 5.69 Å². The van der Waals surface area contributed by atoms with Gasteiger partial charge in [-0.2, -0.15) is 13.2 Å². The first-order valence-corrected chi connectivity index (χ1v) is 7.69. The first-order valence-electron chi connectivity index (χ1n) is 7.69. The molecule has 0 spiro atoms. The van der Waals surface area contributed by atoms with Crippen LogP contribution in [0.25, 0.3) is 0 Å². The maximum absolute atomic E-state index is 12.2. The van der Waals surface area contributed by atoms with E-state index in [9.17, 15) is 22.8 Å². The average Bonchev–Trinajstić information content (AvgIpc) is 2.60. The van der Waals surface area contributed by atoms with Crippen molar-refractivity contribution in [1.29, 1.82) is 0 Å². The van der Waals surface area contributed by atoms with Crippen molar-refractivity contribution in [2.75, 3.05) is 24.3 Å². The summed E-state index contributed by atoms with van der Waals surface area (Å²) in [5.74, 6) is -2.29. The van der Waals surface area contributed by atoms with Gasteiger partial charge in [0.1, 0.15) is 0 Å². The van der Waals surface area contributed by atoms with Crippen LogP contribution in [-0.4, -0.2) is 32.1 Å². The van der Waals surface area contributed by atoms with Crippen molar-refractivity contribution in [2.24, 2.45) is 0 Å². The molecule has 0 saturated carbocycles. The molecule has 0 aliphatic heterocycles. The van der Waals surface area contributed by atoms with Crippen LogP contribution in [0.1, 0.15) is 15.9 Å². The maximum Gasteiger partial charge on any atom is 0.471 e. The van der Waals surface area contributed by atoms with E-state index in [0.29, 0.717) is 11.1 Å². The van der Waals surface area contributed by atoms with Gasteiger partial charge in [0.25, 0.3) is 5.91 Å². The lowest BCUT2D eigenvalue weighted by Crippen LogP contribution is -2.29. The lowest BCUT2D eigenvalue weighted by molar-refractivity contribution is -0.167. The fourth-order valence-corrected chi connectivity index (χ4v) is 2.10. The molecule has 0 heterocycles. The number of amides is 2. The van der Waals surface area contributed by atoms with Crippen molar-refractivity contribution >= 4 is 23.2 Å². The zero-order valence-electron chi connectivity index (χ0n) is 14.2. The summed E-state index contributed by atoms with van der Waals surface area (Å²) in [5.41, 5.74) is 2.19. The number of carbonyl (C=O) groups excluding carboxylic acids is 2. The van der Waals surface area contributed by atoms with Crippen LogP contribution in [0.3, 0.4) is 0 Å². The molecular formula is C18H18F3N3O2. The Morgan fingerprint density at radius 3 is 2.04 bits per heavy atom. The minimum absolute atomic E-state index is 0.0293. The monoisotopic (exact) mass is 365 g/mol. The van der Waals surface area contributed by atoms with Crippen LogP contribution >= 0.6 is 0 Å². The third-order valence-corrected chi connectivity index (χ3v) is 3.57. The topological polar surface area (TPSA) is 61.4 Å². The van der Waals surface area contributed by atoms with Gasteiger partial charge >= 0.3 is 12.1 Å². The minimum atomic E-state index is -4.94. The van der Waals surface area contributed by atoms with E-state index < -0.39 is 12.1 Å². The number of nitrogens with zero attached hydrogens (tertiary/aromatic N) is 1. The summed E-state index contributed by atoms with van der Waals surface area (Å²) >= 11 is 0. The fourth-order valence-electron chi connectivity index (χ4n) is 2.10. The van der Waals surface area contributed by atoms with E-state index in [4.69, 9.17) is 0 Å². The van der Waals surface area contributed by atoms with E-state index in [-0.39, 0.29) is 18.1 Å². The van der Waals surface area contributed by atoms with Crippen molar-refractivity contribution in [1.82, 2.24) is 5.32 Å². The number of alkyl halides is 3. The van der Waals surface area contributed by atoms with Gasteiger partial charge in [-0.15, -0.1) is 0 Å². The molecule has 0 aliphatic carbocycles. The van der Waals surface area contributed by atoms with Gasteiger partial charge in [-0.05, 0) is 42.0 Å². The summed E-state index contributed by atoms with van der Waals surface area (Å²) in [6, 6.07) is 12.8. The summed E-state index contributed by atoms with van der Waals surface area (Å²) in [6.45, 7) is 0.210. The van der Waals surface area contributed by atoms with Gasteiger partial charge < -0.3 is 15.5 Å². The summed E-state index contributed by atoms with van der Waals surface area (Å²) in [6.07, 6.45) is -4.94. The van der Waals surface area contributed by atoms with Crippen molar-refractivity contribution in [3.05, 3.63) is 59.7 Å². The van der Waals surface area contributed by atoms with Crippen LogP contribution in [0, 0.1) is 0 Å². The molecule has 0 aromatic heterocycles. The molecular weight excluding hydrogens is 347 g/mol. The van der Waals surface area contributed by atoms with E-state index in [1.165, 1.54) is 24.3 Å². The molecule has 2 aromatic rings. The fraction of sp³-hybridized carbons (Fsp3) is 0.222. The quantitative estimate of drug-likeness (QED) is 0.856. The molecule has 8 heteroatoms. The van der Waals surface area contributed by atoms with Crippen molar-refractivity contribution in [3.63, 3.8) is 0 Å². The Morgan fingerprint density at radius 2 is 1.54 bits per heavy atom. The molecule has 2 rings (SSSR count). The number of nitrogens with one attached hydrogen (secondary N) is 2. The Morgan fingerprint density at radius 1 is 0.962 bits per heavy atom. The van der Waals surface area contributed by atoms with Crippen LogP contribution in [0.5, 0.6) is 0 Å². The van der Waals surface area contributed by atoms with Gasteiger partial charge in [-0.25, -0.2) is 0 Å². The smallest absolute Gasteiger partial charge is 0.378 e. The second kappa shape index (κ2) is 7.90. The highest BCUT2D eigenvalue weighted by Gasteiger charge is 2.38. The predicted octanol–water partition coefficient (Wildman–Crippen LogP) is 3.18. The Kier molecular flexibility index (Phi) is 5.86. The summed E-state index contributed by atoms with van der Waals surface area (Å²) in [7, 11) is 3.80. The molecule has 2 aromatic carbocycles. The minimum Gasteiger partial charge on any atom is -0.378 e. The van der Waals surface area contributed by atoms with Crippen LogP contribution in [0.15, 0.2) is 48.5 Å². The van der Waals surface area contributed by atoms with E-state index in [1.807, 2.05) is 31.1 Å². The number of hydrogen-bond donors (Lipinski definition) is 2. The number of rotatable bonds is 5. The molecule has 5 nitrogen and oxygen atoms in total. The lowest BCUT2D eigenvalue weighted by Gasteiger charge is -2.13. The van der Waals surface area contributed by atoms with Gasteiger partial charge in [0.05, 0.1) is 0 Å². The molecule has 0 fully saturated rings. The first kappa shape index (κ1) is 19.3. The zero-order chi connectivity index (χ0) is 19.3. The average molecular weight is 365 g/mol. The third kappa shape index (κ3) is 5.23. The van der Waals surface area contributed by atoms with Gasteiger partial charge in [-0.3, -0.25) is 9.59 Å². The first-order chi connectivity index (χ1) is 12.2. The maximum atomic E-state index is 12.2. The second-order valence-corrected chi connectivity index (χ2v) is 5.77. The molecule has 26 heavy (non-hydrogen) atoms. The molecule has 0 radical (unpaired) electrons. The molecule has 2 amide bonds. The Hall–Kier alpha value is -3.03. The highest BCUT2D eigenvalue weighted by Crippen LogP contribution is 2.18. The Bertz CT molecular complexity index is 770. The number of anilines is 2. The summed E-state index contributed by atoms with van der Waals surface area (Å²) < 4.78 is 36.6. The predicted molar refractivity (Wildman–Crippen MR) is 93.1 cm³/mol. The summed E-state index contributed by atoms with van der Waals surface area (Å²) in [5, 5.41) is 4.49. The number of benzene rings is 2. The van der Waals surface area contributed by atoms with Crippen LogP contribution in [0.4, 0.5) is 24.5 Å². The van der Waals surface area contributed by atoms with Gasteiger partial charge in [0, 0.05) is 37.6 Å². The third-order valence-electron chi connectivity index (χ3n) is 3.57. The van der Waals surface area contributed by atoms with Crippen molar-refractivity contribution < 1.29 is 22.8 Å². The molecule has 138 valence electrons. The molecule has 0 bridgehead atoms. The molecule has 0 aliphatic rings. The van der Waals surface area contributed by atoms with Crippen LogP contribution in [0.2, 0.25) is 0 Å². The standard InChI is InChI=1S/C18H18F3N3O2/c1-24(2)15-9-5-13(6-10-15)16(25)22-11-12-3-7-14(8-4-12)23-17(26)18(19,20)21/h3-10H,11H2,1-2H3,(H,22,25)(H,23,26). The van der Waals surface area contributed by atoms with E-state index in [2.05, 4.69) is 5.32 Å². The highest BCUT2D eigenvalue weighted by atomic mass is 19.4. The van der Waals surface area contributed by atoms with Gasteiger partial charge in [-0.1, -0.05) is 12.1 Å². The van der Waals surface area contributed by atoms with E-state index in [1.54, 1.807) is 17.4 Å². The molecule has 0 unspecified atom stereocenters. The van der Waals surface area contributed by atoms with Crippen molar-refractivity contribution in [2.45, 2.75) is 12.7 Å². The van der Waals surface area contributed by atoms with Crippen LogP contribution in [-0.2, 0) is 11.3 Å². The second-order valence-electron chi connectivity index (χ2n) is 5.77. The van der Waals surface area contributed by atoms with Gasteiger partial charge in [0.15, 0.2) is 0 Å². The Balaban J connectivity index is 1.91. The molecule has 0 atom stereocenters.